The van der Waals surface area contributed by atoms with Crippen LogP contribution in [0.4, 0.5) is 0 Å². The van der Waals surface area contributed by atoms with Crippen LogP contribution in [0.3, 0.4) is 0 Å². The van der Waals surface area contributed by atoms with Crippen LogP contribution in [0.25, 0.3) is 0 Å². The number of ether oxygens (including phenoxy) is 8. The Balaban J connectivity index is 1.57. The number of nitrogens with zero attached hydrogens (tertiary/aromatic N) is 4. The number of likely N-dealkylation sites (N-methyl/N-ethyl adjacent to an activating group) is 4. The van der Waals surface area contributed by atoms with E-state index in [2.05, 4.69) is 0 Å². The van der Waals surface area contributed by atoms with Gasteiger partial charge >= 0.3 is 0 Å². The predicted octanol–water partition coefficient (Wildman–Crippen LogP) is -6.43. The van der Waals surface area contributed by atoms with Gasteiger partial charge in [-0.3, -0.25) is 0 Å². The molecule has 14 rings (SSSR count). The van der Waals surface area contributed by atoms with E-state index in [0.29, 0.717) is 0 Å². The van der Waals surface area contributed by atoms with Crippen LogP contribution in [0.2, 0.25) is 0 Å². The van der Waals surface area contributed by atoms with Crippen molar-refractivity contribution in [3.8, 4) is 0 Å². The van der Waals surface area contributed by atoms with E-state index in [4.69, 9.17) is 37.9 Å². The minimum absolute atomic E-state index is 0.130. The van der Waals surface area contributed by atoms with E-state index in [1.807, 2.05) is 0 Å². The monoisotopic (exact) mass is 756 g/mol. The van der Waals surface area contributed by atoms with E-state index in [1.54, 1.807) is 76.0 Å². The number of hydrogen-bond donors (Lipinski definition) is 8. The van der Waals surface area contributed by atoms with Gasteiger partial charge in [-0.2, -0.15) is 0 Å². The molecule has 0 saturated carbocycles. The fourth-order valence-electron chi connectivity index (χ4n) is 7.39. The second kappa shape index (κ2) is 17.6. The van der Waals surface area contributed by atoms with Crippen molar-refractivity contribution in [2.75, 3.05) is 82.6 Å². The van der Waals surface area contributed by atoms with Crippen molar-refractivity contribution in [2.45, 2.75) is 123 Å². The molecule has 14 heterocycles. The largest absolute Gasteiger partial charge is 0.387 e. The SMILES string of the molecule is CN(C)C[C@@H]1O[C@H]2O[C@@H]3[C@@H](O)[C@H](O)[C@H](O[C@@H]4[C@@H](O)[C@H](O)[C@H](O[C@@H]5[C@@H](O)[C@H](O)[C@H](O[C@@H]1[C@@H](O)[C@@H]2O)O[C@H]5CN(C)C)O[C@H]4CN(C)C)O[C@H]3CN(C)C. The molecule has 0 spiro atoms. The first kappa shape index (κ1) is 42.3. The van der Waals surface area contributed by atoms with Crippen LogP contribution in [-0.2, 0) is 37.9 Å². The Bertz CT molecular complexity index is 962. The Labute approximate surface area is 303 Å². The maximum Gasteiger partial charge on any atom is 0.187 e. The van der Waals surface area contributed by atoms with Crippen LogP contribution in [0.15, 0.2) is 0 Å². The molecular weight excluding hydrogens is 696 g/mol. The summed E-state index contributed by atoms with van der Waals surface area (Å²) in [6.45, 7) is 0.518. The standard InChI is InChI=1S/C32H60N4O16/c1-33(2)9-13-25-17(37)21(41)29(45-13)50-26-14(10-34(3)4)47-31(23(43)19(26)39)52-28-16(12-36(7)8)48-32(24(44)20(28)40)51-27-15(11-35(5)6)46-30(49-25)22(42)18(27)38/h13-32,37-44H,9-12H2,1-8H3/t13-,14-,15-,16-,17-,18-,19-,20-,21-,22-,23-,24-,25-,26-,27-,28-,29-,30-,31-,32-/m0/s1. The highest BCUT2D eigenvalue weighted by Gasteiger charge is 2.57. The molecule has 8 N–H and O–H groups in total. The van der Waals surface area contributed by atoms with Gasteiger partial charge in [0.25, 0.3) is 0 Å². The Morgan fingerprint density at radius 1 is 0.288 bits per heavy atom. The Hall–Kier alpha value is -0.800. The minimum atomic E-state index is -1.76. The van der Waals surface area contributed by atoms with Gasteiger partial charge < -0.3 is 98.3 Å². The third-order valence-electron chi connectivity index (χ3n) is 9.91. The molecule has 14 saturated heterocycles. The van der Waals surface area contributed by atoms with Crippen molar-refractivity contribution in [3.63, 3.8) is 0 Å². The first-order valence-electron chi connectivity index (χ1n) is 17.6. The molecule has 0 aromatic rings. The summed E-state index contributed by atoms with van der Waals surface area (Å²) in [6.07, 6.45) is -29.4. The van der Waals surface area contributed by atoms with Gasteiger partial charge in [0.2, 0.25) is 0 Å². The van der Waals surface area contributed by atoms with E-state index < -0.39 is 123 Å². The molecule has 0 unspecified atom stereocenters. The second-order valence-corrected chi connectivity index (χ2v) is 15.5. The van der Waals surface area contributed by atoms with Crippen molar-refractivity contribution in [2.24, 2.45) is 0 Å². The highest BCUT2D eigenvalue weighted by atomic mass is 16.8. The number of aliphatic hydroxyl groups excluding tert-OH is 8. The van der Waals surface area contributed by atoms with Gasteiger partial charge in [-0.05, 0) is 56.4 Å². The van der Waals surface area contributed by atoms with Crippen molar-refractivity contribution < 1.29 is 78.7 Å². The molecular formula is C32H60N4O16. The van der Waals surface area contributed by atoms with E-state index in [9.17, 15) is 40.9 Å². The molecule has 20 heteroatoms. The molecule has 304 valence electrons. The summed E-state index contributed by atoms with van der Waals surface area (Å²) in [7, 11) is 14.0. The molecule has 0 aromatic carbocycles. The van der Waals surface area contributed by atoms with Gasteiger partial charge in [-0.25, -0.2) is 0 Å². The van der Waals surface area contributed by atoms with Gasteiger partial charge in [0, 0.05) is 26.2 Å². The predicted molar refractivity (Wildman–Crippen MR) is 176 cm³/mol. The number of aliphatic hydroxyl groups is 8. The van der Waals surface area contributed by atoms with Crippen LogP contribution in [0.5, 0.6) is 0 Å². The molecule has 0 radical (unpaired) electrons. The normalized spacial score (nSPS) is 49.2. The van der Waals surface area contributed by atoms with Crippen molar-refractivity contribution in [1.82, 2.24) is 19.6 Å². The summed E-state index contributed by atoms with van der Waals surface area (Å²) in [5.74, 6) is 0. The molecule has 20 nitrogen and oxygen atoms in total. The highest BCUT2D eigenvalue weighted by Crippen LogP contribution is 2.37. The Morgan fingerprint density at radius 2 is 0.462 bits per heavy atom. The van der Waals surface area contributed by atoms with Crippen molar-refractivity contribution >= 4 is 0 Å². The highest BCUT2D eigenvalue weighted by molar-refractivity contribution is 5.00. The third-order valence-corrected chi connectivity index (χ3v) is 9.91. The molecule has 0 amide bonds. The zero-order chi connectivity index (χ0) is 38.3. The van der Waals surface area contributed by atoms with Gasteiger partial charge in [-0.15, -0.1) is 0 Å². The fraction of sp³-hybridized carbons (Fsp3) is 1.00. The van der Waals surface area contributed by atoms with Crippen LogP contribution in [0, 0.1) is 0 Å². The van der Waals surface area contributed by atoms with Crippen molar-refractivity contribution in [1.29, 1.82) is 0 Å². The fourth-order valence-corrected chi connectivity index (χ4v) is 7.39. The molecule has 0 aliphatic carbocycles. The molecule has 14 aliphatic rings. The van der Waals surface area contributed by atoms with E-state index in [-0.39, 0.29) is 26.2 Å². The van der Waals surface area contributed by atoms with Gasteiger partial charge in [0.15, 0.2) is 25.2 Å². The smallest absolute Gasteiger partial charge is 0.187 e. The molecule has 8 bridgehead atoms. The minimum Gasteiger partial charge on any atom is -0.387 e. The molecule has 14 aliphatic heterocycles. The summed E-state index contributed by atoms with van der Waals surface area (Å²) < 4.78 is 49.3. The third kappa shape index (κ3) is 9.24. The lowest BCUT2D eigenvalue weighted by molar-refractivity contribution is -0.401. The summed E-state index contributed by atoms with van der Waals surface area (Å²) in [6, 6.07) is 0. The molecule has 0 aromatic heterocycles. The summed E-state index contributed by atoms with van der Waals surface area (Å²) >= 11 is 0. The quantitative estimate of drug-likeness (QED) is 0.115. The van der Waals surface area contributed by atoms with Gasteiger partial charge in [-0.1, -0.05) is 0 Å². The van der Waals surface area contributed by atoms with Crippen LogP contribution >= 0.6 is 0 Å². The van der Waals surface area contributed by atoms with E-state index in [1.165, 1.54) is 0 Å². The first-order chi connectivity index (χ1) is 24.4. The lowest BCUT2D eigenvalue weighted by Crippen LogP contribution is -2.69. The lowest BCUT2D eigenvalue weighted by Gasteiger charge is -2.51. The topological polar surface area (TPSA) is 249 Å². The van der Waals surface area contributed by atoms with Gasteiger partial charge in [0.1, 0.15) is 97.7 Å². The van der Waals surface area contributed by atoms with E-state index >= 15 is 0 Å². The van der Waals surface area contributed by atoms with Crippen LogP contribution in [-0.4, -0.2) is 266 Å². The first-order valence-corrected chi connectivity index (χ1v) is 17.6. The summed E-state index contributed by atoms with van der Waals surface area (Å²) in [5.41, 5.74) is 0. The zero-order valence-corrected chi connectivity index (χ0v) is 31.0. The maximum absolute atomic E-state index is 11.5. The zero-order valence-electron chi connectivity index (χ0n) is 31.0. The summed E-state index contributed by atoms with van der Waals surface area (Å²) in [4.78, 5) is 6.96. The number of rotatable bonds is 8. The lowest BCUT2D eigenvalue weighted by atomic mass is 9.94. The van der Waals surface area contributed by atoms with Crippen LogP contribution < -0.4 is 0 Å². The van der Waals surface area contributed by atoms with Crippen LogP contribution in [0.1, 0.15) is 0 Å². The Morgan fingerprint density at radius 3 is 0.615 bits per heavy atom. The average Bonchev–Trinajstić information content (AvgIpc) is 3.04. The second-order valence-electron chi connectivity index (χ2n) is 15.5. The Kier molecular flexibility index (Phi) is 14.3. The average molecular weight is 757 g/mol. The van der Waals surface area contributed by atoms with Gasteiger partial charge in [0.05, 0.1) is 0 Å². The number of hydrogen-bond acceptors (Lipinski definition) is 20. The van der Waals surface area contributed by atoms with E-state index in [0.717, 1.165) is 0 Å². The summed E-state index contributed by atoms with van der Waals surface area (Å²) in [5, 5.41) is 91.3. The molecule has 52 heavy (non-hydrogen) atoms. The van der Waals surface area contributed by atoms with Crippen molar-refractivity contribution in [3.05, 3.63) is 0 Å². The maximum atomic E-state index is 11.5. The molecule has 20 atom stereocenters. The molecule has 14 fully saturated rings.